The van der Waals surface area contributed by atoms with Gasteiger partial charge in [-0.1, -0.05) is 86.9 Å². The monoisotopic (exact) mass is 316 g/mol. The Kier molecular flexibility index (Phi) is 6.46. The van der Waals surface area contributed by atoms with Crippen LogP contribution >= 0.6 is 0 Å². The largest absolute Gasteiger partial charge is 0.376 e. The van der Waals surface area contributed by atoms with Crippen molar-refractivity contribution in [1.82, 2.24) is 0 Å². The fourth-order valence-electron chi connectivity index (χ4n) is 3.43. The van der Waals surface area contributed by atoms with Gasteiger partial charge in [0, 0.05) is 5.92 Å². The van der Waals surface area contributed by atoms with E-state index in [0.717, 1.165) is 13.2 Å². The van der Waals surface area contributed by atoms with Gasteiger partial charge in [-0.2, -0.15) is 0 Å². The van der Waals surface area contributed by atoms with Crippen LogP contribution in [0.5, 0.6) is 0 Å². The summed E-state index contributed by atoms with van der Waals surface area (Å²) in [5.41, 5.74) is 3.03. The molecule has 1 aliphatic carbocycles. The molecule has 0 bridgehead atoms. The van der Waals surface area contributed by atoms with Crippen molar-refractivity contribution in [3.8, 4) is 0 Å². The summed E-state index contributed by atoms with van der Waals surface area (Å²) in [6.07, 6.45) is 6.77. The van der Waals surface area contributed by atoms with Crippen molar-refractivity contribution in [2.45, 2.75) is 65.3 Å². The minimum absolute atomic E-state index is 0.678. The standard InChI is InChI=1S/C20H32OSi/c1-5-6-7-11-14-18-19(20(18)22(2,3)4)16-21-15-17-12-9-8-10-13-17/h8-10,12-13,19H,5-7,11,14-16H2,1-4H3. The van der Waals surface area contributed by atoms with Gasteiger partial charge < -0.3 is 4.74 Å². The highest BCUT2D eigenvalue weighted by Gasteiger charge is 2.42. The van der Waals surface area contributed by atoms with E-state index in [0.29, 0.717) is 5.92 Å². The molecule has 122 valence electrons. The molecular formula is C20H32OSi. The highest BCUT2D eigenvalue weighted by atomic mass is 28.3. The van der Waals surface area contributed by atoms with Gasteiger partial charge >= 0.3 is 0 Å². The molecule has 0 saturated carbocycles. The zero-order valence-corrected chi connectivity index (χ0v) is 15.8. The van der Waals surface area contributed by atoms with Crippen LogP contribution in [0.15, 0.2) is 41.1 Å². The van der Waals surface area contributed by atoms with E-state index in [4.69, 9.17) is 4.74 Å². The lowest BCUT2D eigenvalue weighted by Gasteiger charge is -2.13. The molecule has 2 heteroatoms. The van der Waals surface area contributed by atoms with E-state index in [-0.39, 0.29) is 0 Å². The molecule has 0 spiro atoms. The first kappa shape index (κ1) is 17.5. The smallest absolute Gasteiger partial charge is 0.0733 e. The van der Waals surface area contributed by atoms with Crippen LogP contribution < -0.4 is 0 Å². The summed E-state index contributed by atoms with van der Waals surface area (Å²) >= 11 is 0. The molecule has 1 atom stereocenters. The summed E-state index contributed by atoms with van der Waals surface area (Å²) in [4.78, 5) is 0. The van der Waals surface area contributed by atoms with E-state index in [1.165, 1.54) is 37.7 Å². The molecule has 0 aromatic heterocycles. The first-order valence-electron chi connectivity index (χ1n) is 8.89. The van der Waals surface area contributed by atoms with Crippen molar-refractivity contribution in [2.75, 3.05) is 6.61 Å². The summed E-state index contributed by atoms with van der Waals surface area (Å²) in [7, 11) is -1.15. The van der Waals surface area contributed by atoms with Gasteiger partial charge in [-0.25, -0.2) is 0 Å². The maximum Gasteiger partial charge on any atom is 0.0733 e. The van der Waals surface area contributed by atoms with Crippen LogP contribution in [-0.2, 0) is 11.3 Å². The first-order valence-corrected chi connectivity index (χ1v) is 12.4. The lowest BCUT2D eigenvalue weighted by molar-refractivity contribution is 0.113. The molecule has 0 aliphatic heterocycles. The second kappa shape index (κ2) is 8.12. The van der Waals surface area contributed by atoms with Crippen molar-refractivity contribution in [3.63, 3.8) is 0 Å². The van der Waals surface area contributed by atoms with Crippen LogP contribution in [0.2, 0.25) is 19.6 Å². The minimum Gasteiger partial charge on any atom is -0.376 e. The first-order chi connectivity index (χ1) is 10.5. The van der Waals surface area contributed by atoms with Crippen LogP contribution in [0.25, 0.3) is 0 Å². The van der Waals surface area contributed by atoms with Crippen molar-refractivity contribution in [3.05, 3.63) is 46.7 Å². The van der Waals surface area contributed by atoms with Crippen molar-refractivity contribution < 1.29 is 4.74 Å². The molecular weight excluding hydrogens is 284 g/mol. The average Bonchev–Trinajstić information content (AvgIpc) is 3.18. The highest BCUT2D eigenvalue weighted by Crippen LogP contribution is 2.48. The van der Waals surface area contributed by atoms with E-state index in [2.05, 4.69) is 56.9 Å². The van der Waals surface area contributed by atoms with Crippen molar-refractivity contribution in [2.24, 2.45) is 5.92 Å². The Labute approximate surface area is 137 Å². The molecule has 0 fully saturated rings. The maximum atomic E-state index is 6.01. The summed E-state index contributed by atoms with van der Waals surface area (Å²) in [6, 6.07) is 10.5. The average molecular weight is 317 g/mol. The number of ether oxygens (including phenoxy) is 1. The third kappa shape index (κ3) is 5.10. The van der Waals surface area contributed by atoms with Crippen molar-refractivity contribution in [1.29, 1.82) is 0 Å². The van der Waals surface area contributed by atoms with Gasteiger partial charge in [-0.3, -0.25) is 0 Å². The summed E-state index contributed by atoms with van der Waals surface area (Å²) in [6.45, 7) is 11.4. The summed E-state index contributed by atoms with van der Waals surface area (Å²) in [5.74, 6) is 0.678. The van der Waals surface area contributed by atoms with Gasteiger partial charge in [0.05, 0.1) is 21.3 Å². The third-order valence-electron chi connectivity index (χ3n) is 4.54. The summed E-state index contributed by atoms with van der Waals surface area (Å²) < 4.78 is 6.01. The van der Waals surface area contributed by atoms with E-state index >= 15 is 0 Å². The Morgan fingerprint density at radius 3 is 2.36 bits per heavy atom. The zero-order chi connectivity index (χ0) is 16.0. The molecule has 2 rings (SSSR count). The van der Waals surface area contributed by atoms with Gasteiger partial charge in [0.1, 0.15) is 0 Å². The topological polar surface area (TPSA) is 9.23 Å². The second-order valence-electron chi connectivity index (χ2n) is 7.55. The SMILES string of the molecule is CCCCCCC1=C([Si](C)(C)C)C1COCc1ccccc1. The molecule has 1 aromatic rings. The molecule has 1 aromatic carbocycles. The highest BCUT2D eigenvalue weighted by molar-refractivity contribution is 6.84. The lowest BCUT2D eigenvalue weighted by Crippen LogP contribution is -2.21. The maximum absolute atomic E-state index is 6.01. The third-order valence-corrected chi connectivity index (χ3v) is 6.82. The Balaban J connectivity index is 1.78. The minimum atomic E-state index is -1.15. The lowest BCUT2D eigenvalue weighted by atomic mass is 10.1. The predicted octanol–water partition coefficient (Wildman–Crippen LogP) is 5.98. The van der Waals surface area contributed by atoms with Gasteiger partial charge in [0.15, 0.2) is 0 Å². The quantitative estimate of drug-likeness (QED) is 0.381. The predicted molar refractivity (Wildman–Crippen MR) is 98.7 cm³/mol. The molecule has 1 nitrogen and oxygen atoms in total. The Morgan fingerprint density at radius 1 is 1.00 bits per heavy atom. The van der Waals surface area contributed by atoms with E-state index in [9.17, 15) is 0 Å². The molecule has 0 N–H and O–H groups in total. The van der Waals surface area contributed by atoms with Gasteiger partial charge in [0.25, 0.3) is 0 Å². The molecule has 0 radical (unpaired) electrons. The Hall–Kier alpha value is -0.863. The molecule has 0 amide bonds. The van der Waals surface area contributed by atoms with Gasteiger partial charge in [-0.15, -0.1) is 0 Å². The number of benzene rings is 1. The van der Waals surface area contributed by atoms with Crippen molar-refractivity contribution >= 4 is 8.07 Å². The number of unbranched alkanes of at least 4 members (excludes halogenated alkanes) is 3. The molecule has 1 unspecified atom stereocenters. The molecule has 0 saturated heterocycles. The Morgan fingerprint density at radius 2 is 1.73 bits per heavy atom. The van der Waals surface area contributed by atoms with E-state index in [1.807, 2.05) is 0 Å². The fourth-order valence-corrected chi connectivity index (χ4v) is 5.92. The fraction of sp³-hybridized carbons (Fsp3) is 0.600. The van der Waals surface area contributed by atoms with Gasteiger partial charge in [-0.05, 0) is 18.4 Å². The zero-order valence-electron chi connectivity index (χ0n) is 14.8. The van der Waals surface area contributed by atoms with E-state index in [1.54, 1.807) is 10.8 Å². The van der Waals surface area contributed by atoms with Gasteiger partial charge in [0.2, 0.25) is 0 Å². The second-order valence-corrected chi connectivity index (χ2v) is 12.6. The number of rotatable bonds is 10. The number of hydrogen-bond acceptors (Lipinski definition) is 1. The number of hydrogen-bond donors (Lipinski definition) is 0. The van der Waals surface area contributed by atoms with E-state index < -0.39 is 8.07 Å². The normalized spacial score (nSPS) is 17.9. The van der Waals surface area contributed by atoms with Crippen LogP contribution in [0.1, 0.15) is 44.6 Å². The molecule has 22 heavy (non-hydrogen) atoms. The van der Waals surface area contributed by atoms with Crippen LogP contribution in [-0.4, -0.2) is 14.7 Å². The van der Waals surface area contributed by atoms with Crippen LogP contribution in [0.4, 0.5) is 0 Å². The molecule has 0 heterocycles. The van der Waals surface area contributed by atoms with Crippen LogP contribution in [0, 0.1) is 5.92 Å². The van der Waals surface area contributed by atoms with Crippen LogP contribution in [0.3, 0.4) is 0 Å². The molecule has 1 aliphatic rings. The Bertz CT molecular complexity index is 484. The summed E-state index contributed by atoms with van der Waals surface area (Å²) in [5, 5.41) is 1.80.